The first kappa shape index (κ1) is 23.7. The number of amides is 1. The van der Waals surface area contributed by atoms with Gasteiger partial charge in [-0.25, -0.2) is 8.42 Å². The Labute approximate surface area is 191 Å². The molecule has 3 aromatic rings. The fourth-order valence-corrected chi connectivity index (χ4v) is 4.44. The fraction of sp³-hybridized carbons (Fsp3) is 0.174. The van der Waals surface area contributed by atoms with Crippen LogP contribution in [0.1, 0.15) is 13.8 Å². The zero-order valence-corrected chi connectivity index (χ0v) is 18.9. The molecule has 0 saturated heterocycles. The van der Waals surface area contributed by atoms with Crippen LogP contribution < -0.4 is 14.4 Å². The molecule has 9 nitrogen and oxygen atoms in total. The minimum absolute atomic E-state index is 0.00360. The topological polar surface area (TPSA) is 119 Å². The maximum absolute atomic E-state index is 13.3. The minimum atomic E-state index is -4.11. The van der Waals surface area contributed by atoms with Crippen molar-refractivity contribution >= 4 is 33.0 Å². The third-order valence-electron chi connectivity index (χ3n) is 4.48. The van der Waals surface area contributed by atoms with Crippen molar-refractivity contribution in [3.63, 3.8) is 0 Å². The van der Waals surface area contributed by atoms with Gasteiger partial charge in [0.05, 0.1) is 21.6 Å². The van der Waals surface area contributed by atoms with Crippen molar-refractivity contribution in [2.45, 2.75) is 24.8 Å². The average Bonchev–Trinajstić information content (AvgIpc) is 2.79. The van der Waals surface area contributed by atoms with E-state index in [1.54, 1.807) is 42.5 Å². The number of nitro benzene ring substituents is 1. The molecular weight excluding hydrogens is 446 g/mol. The van der Waals surface area contributed by atoms with Crippen LogP contribution in [0.2, 0.25) is 0 Å². The van der Waals surface area contributed by atoms with Crippen molar-refractivity contribution in [3.8, 4) is 5.75 Å². The third kappa shape index (κ3) is 6.07. The van der Waals surface area contributed by atoms with E-state index in [2.05, 4.69) is 5.32 Å². The Balaban J connectivity index is 1.86. The Morgan fingerprint density at radius 1 is 1.00 bits per heavy atom. The molecule has 0 fully saturated rings. The van der Waals surface area contributed by atoms with Crippen molar-refractivity contribution in [3.05, 3.63) is 89.0 Å². The molecule has 172 valence electrons. The second-order valence-electron chi connectivity index (χ2n) is 7.34. The van der Waals surface area contributed by atoms with Crippen molar-refractivity contribution in [2.24, 2.45) is 0 Å². The lowest BCUT2D eigenvalue weighted by Gasteiger charge is -2.24. The van der Waals surface area contributed by atoms with Gasteiger partial charge in [-0.1, -0.05) is 18.2 Å². The SMILES string of the molecule is CC(C)Oc1ccc(NC(=O)CN(c2ccc([N+](=O)[O-])cc2)S(=O)(=O)c2ccccc2)cc1. The molecule has 0 saturated carbocycles. The molecule has 0 aromatic heterocycles. The normalized spacial score (nSPS) is 11.1. The Hall–Kier alpha value is -3.92. The summed E-state index contributed by atoms with van der Waals surface area (Å²) in [6.07, 6.45) is 0.00360. The van der Waals surface area contributed by atoms with Crippen LogP contribution in [0, 0.1) is 10.1 Å². The highest BCUT2D eigenvalue weighted by molar-refractivity contribution is 7.92. The molecule has 10 heteroatoms. The Morgan fingerprint density at radius 3 is 2.15 bits per heavy atom. The number of hydrogen-bond donors (Lipinski definition) is 1. The van der Waals surface area contributed by atoms with Crippen LogP contribution in [0.15, 0.2) is 83.8 Å². The first-order chi connectivity index (χ1) is 15.7. The number of non-ortho nitro benzene ring substituents is 1. The smallest absolute Gasteiger partial charge is 0.269 e. The Kier molecular flexibility index (Phi) is 7.29. The Bertz CT molecular complexity index is 1210. The molecular formula is C23H23N3O6S. The van der Waals surface area contributed by atoms with Crippen LogP contribution in [0.25, 0.3) is 0 Å². The largest absolute Gasteiger partial charge is 0.491 e. The van der Waals surface area contributed by atoms with Gasteiger partial charge in [-0.05, 0) is 62.4 Å². The van der Waals surface area contributed by atoms with Crippen LogP contribution in [0.4, 0.5) is 17.1 Å². The summed E-state index contributed by atoms with van der Waals surface area (Å²) in [4.78, 5) is 23.1. The molecule has 33 heavy (non-hydrogen) atoms. The van der Waals surface area contributed by atoms with Crippen LogP contribution in [-0.2, 0) is 14.8 Å². The highest BCUT2D eigenvalue weighted by Gasteiger charge is 2.27. The van der Waals surface area contributed by atoms with Gasteiger partial charge in [0.15, 0.2) is 0 Å². The molecule has 3 rings (SSSR count). The summed E-state index contributed by atoms with van der Waals surface area (Å²) in [5.41, 5.74) is 0.404. The summed E-state index contributed by atoms with van der Waals surface area (Å²) >= 11 is 0. The second kappa shape index (κ2) is 10.1. The summed E-state index contributed by atoms with van der Waals surface area (Å²) in [7, 11) is -4.11. The number of nitrogens with one attached hydrogen (secondary N) is 1. The highest BCUT2D eigenvalue weighted by Crippen LogP contribution is 2.26. The monoisotopic (exact) mass is 469 g/mol. The highest BCUT2D eigenvalue weighted by atomic mass is 32.2. The van der Waals surface area contributed by atoms with Gasteiger partial charge in [0, 0.05) is 17.8 Å². The van der Waals surface area contributed by atoms with Crippen LogP contribution in [-0.4, -0.2) is 31.9 Å². The van der Waals surface area contributed by atoms with Gasteiger partial charge in [-0.2, -0.15) is 0 Å². The van der Waals surface area contributed by atoms with E-state index >= 15 is 0 Å². The second-order valence-corrected chi connectivity index (χ2v) is 9.20. The summed E-state index contributed by atoms with van der Waals surface area (Å²) in [6, 6.07) is 19.3. The van der Waals surface area contributed by atoms with Gasteiger partial charge < -0.3 is 10.1 Å². The predicted octanol–water partition coefficient (Wildman–Crippen LogP) is 4.22. The summed E-state index contributed by atoms with van der Waals surface area (Å²) < 4.78 is 33.0. The van der Waals surface area contributed by atoms with Crippen molar-refractivity contribution in [1.29, 1.82) is 0 Å². The van der Waals surface area contributed by atoms with E-state index in [4.69, 9.17) is 4.74 Å². The van der Waals surface area contributed by atoms with Gasteiger partial charge in [-0.15, -0.1) is 0 Å². The molecule has 0 aliphatic heterocycles. The van der Waals surface area contributed by atoms with Crippen LogP contribution >= 0.6 is 0 Å². The molecule has 0 atom stereocenters. The number of ether oxygens (including phenoxy) is 1. The number of nitrogens with zero attached hydrogens (tertiary/aromatic N) is 2. The van der Waals surface area contributed by atoms with Gasteiger partial charge >= 0.3 is 0 Å². The van der Waals surface area contributed by atoms with Crippen LogP contribution in [0.3, 0.4) is 0 Å². The van der Waals surface area contributed by atoms with Gasteiger partial charge in [0.2, 0.25) is 5.91 Å². The summed E-state index contributed by atoms with van der Waals surface area (Å²) in [6.45, 7) is 3.27. The number of carbonyl (C=O) groups is 1. The number of anilines is 2. The van der Waals surface area contributed by atoms with E-state index in [0.717, 1.165) is 4.31 Å². The quantitative estimate of drug-likeness (QED) is 0.370. The molecule has 0 unspecified atom stereocenters. The molecule has 0 heterocycles. The van der Waals surface area contributed by atoms with Gasteiger partial charge in [0.1, 0.15) is 12.3 Å². The number of sulfonamides is 1. The summed E-state index contributed by atoms with van der Waals surface area (Å²) in [5.74, 6) is 0.0625. The molecule has 0 radical (unpaired) electrons. The molecule has 1 amide bonds. The number of rotatable bonds is 9. The van der Waals surface area contributed by atoms with E-state index in [0.29, 0.717) is 11.4 Å². The zero-order valence-electron chi connectivity index (χ0n) is 18.0. The lowest BCUT2D eigenvalue weighted by atomic mass is 10.2. The number of nitro groups is 1. The van der Waals surface area contributed by atoms with E-state index in [1.807, 2.05) is 13.8 Å². The maximum atomic E-state index is 13.3. The number of benzene rings is 3. The van der Waals surface area contributed by atoms with Crippen LogP contribution in [0.5, 0.6) is 5.75 Å². The Morgan fingerprint density at radius 2 is 1.61 bits per heavy atom. The zero-order chi connectivity index (χ0) is 24.0. The van der Waals surface area contributed by atoms with Crippen molar-refractivity contribution in [2.75, 3.05) is 16.2 Å². The number of hydrogen-bond acceptors (Lipinski definition) is 6. The van der Waals surface area contributed by atoms with Gasteiger partial charge in [0.25, 0.3) is 15.7 Å². The molecule has 1 N–H and O–H groups in total. The summed E-state index contributed by atoms with van der Waals surface area (Å²) in [5, 5.41) is 13.6. The molecule has 0 aliphatic carbocycles. The molecule has 3 aromatic carbocycles. The maximum Gasteiger partial charge on any atom is 0.269 e. The van der Waals surface area contributed by atoms with E-state index < -0.39 is 27.4 Å². The van der Waals surface area contributed by atoms with Crippen molar-refractivity contribution in [1.82, 2.24) is 0 Å². The lowest BCUT2D eigenvalue weighted by molar-refractivity contribution is -0.384. The van der Waals surface area contributed by atoms with E-state index in [1.165, 1.54) is 36.4 Å². The molecule has 0 bridgehead atoms. The predicted molar refractivity (Wildman–Crippen MR) is 125 cm³/mol. The first-order valence-corrected chi connectivity index (χ1v) is 11.5. The molecule has 0 spiro atoms. The first-order valence-electron chi connectivity index (χ1n) is 10.1. The van der Waals surface area contributed by atoms with E-state index in [9.17, 15) is 23.3 Å². The fourth-order valence-electron chi connectivity index (χ4n) is 3.00. The van der Waals surface area contributed by atoms with Gasteiger partial charge in [-0.3, -0.25) is 19.2 Å². The lowest BCUT2D eigenvalue weighted by Crippen LogP contribution is -2.38. The van der Waals surface area contributed by atoms with Crippen molar-refractivity contribution < 1.29 is 22.9 Å². The number of carbonyl (C=O) groups excluding carboxylic acids is 1. The standard InChI is InChI=1S/C23H23N3O6S/c1-17(2)32-21-14-8-18(9-15-21)24-23(27)16-25(19-10-12-20(13-11-19)26(28)29)33(30,31)22-6-4-3-5-7-22/h3-15,17H,16H2,1-2H3,(H,24,27). The minimum Gasteiger partial charge on any atom is -0.491 e. The average molecular weight is 470 g/mol. The van der Waals surface area contributed by atoms with E-state index in [-0.39, 0.29) is 22.4 Å². The third-order valence-corrected chi connectivity index (χ3v) is 6.26. The molecule has 0 aliphatic rings.